The number of methoxy groups -OCH3 is 1. The summed E-state index contributed by atoms with van der Waals surface area (Å²) in [6, 6.07) is 10.9. The Kier molecular flexibility index (Phi) is 6.90. The van der Waals surface area contributed by atoms with Crippen LogP contribution in [0.3, 0.4) is 0 Å². The van der Waals surface area contributed by atoms with E-state index in [9.17, 15) is 14.7 Å². The Bertz CT molecular complexity index is 1340. The Morgan fingerprint density at radius 1 is 1.15 bits per heavy atom. The van der Waals surface area contributed by atoms with E-state index in [4.69, 9.17) is 4.74 Å². The van der Waals surface area contributed by atoms with Crippen molar-refractivity contribution in [2.24, 2.45) is 7.05 Å². The number of aliphatic hydroxyl groups excluding tert-OH is 1. The minimum Gasteiger partial charge on any atom is -0.396 e. The number of nitrogens with one attached hydrogen (secondary N) is 1. The quantitative estimate of drug-likeness (QED) is 0.393. The van der Waals surface area contributed by atoms with Gasteiger partial charge in [0.05, 0.1) is 28.4 Å². The number of aliphatic hydroxyl groups is 1. The van der Waals surface area contributed by atoms with Gasteiger partial charge in [-0.3, -0.25) is 14.9 Å². The molecule has 2 aromatic carbocycles. The molecular weight excluding hydrogens is 436 g/mol. The van der Waals surface area contributed by atoms with Gasteiger partial charge in [-0.1, -0.05) is 0 Å². The van der Waals surface area contributed by atoms with Crippen molar-refractivity contribution in [3.05, 3.63) is 48.3 Å². The van der Waals surface area contributed by atoms with Crippen LogP contribution in [0.2, 0.25) is 0 Å². The first-order valence-corrected chi connectivity index (χ1v) is 11.1. The number of carbonyl (C=O) groups excluding carboxylic acids is 2. The van der Waals surface area contributed by atoms with Gasteiger partial charge in [0.25, 0.3) is 11.8 Å². The van der Waals surface area contributed by atoms with Gasteiger partial charge in [-0.25, -0.2) is 9.97 Å². The van der Waals surface area contributed by atoms with E-state index in [1.54, 1.807) is 23.4 Å². The second-order valence-electron chi connectivity index (χ2n) is 7.92. The number of anilines is 2. The molecule has 4 rings (SSSR count). The van der Waals surface area contributed by atoms with Gasteiger partial charge in [-0.15, -0.1) is 0 Å². The van der Waals surface area contributed by atoms with Crippen LogP contribution >= 0.6 is 0 Å². The molecule has 4 aromatic rings. The summed E-state index contributed by atoms with van der Waals surface area (Å²) in [7, 11) is 3.36. The van der Waals surface area contributed by atoms with Crippen LogP contribution in [0.4, 0.5) is 11.6 Å². The maximum atomic E-state index is 13.1. The van der Waals surface area contributed by atoms with E-state index < -0.39 is 0 Å². The lowest BCUT2D eigenvalue weighted by Crippen LogP contribution is -2.33. The molecule has 0 aliphatic rings. The van der Waals surface area contributed by atoms with E-state index in [-0.39, 0.29) is 25.0 Å². The van der Waals surface area contributed by atoms with E-state index >= 15 is 0 Å². The van der Waals surface area contributed by atoms with Crippen molar-refractivity contribution in [1.82, 2.24) is 19.1 Å². The summed E-state index contributed by atoms with van der Waals surface area (Å²) in [4.78, 5) is 36.0. The van der Waals surface area contributed by atoms with E-state index in [0.717, 1.165) is 16.6 Å². The molecule has 0 spiro atoms. The molecule has 0 radical (unpaired) electrons. The number of likely N-dealkylation sites (N-methyl/N-ethyl adjacent to an activating group) is 1. The minimum atomic E-state index is -0.297. The summed E-state index contributed by atoms with van der Waals surface area (Å²) in [5, 5.41) is 12.3. The van der Waals surface area contributed by atoms with Gasteiger partial charge in [0.1, 0.15) is 6.61 Å². The first-order chi connectivity index (χ1) is 16.5. The standard InChI is InChI=1S/C24H28N6O4/c1-4-29(22(32)14-34-3)17-7-9-20-19(13-17)26-24(30(20)10-5-11-31)27-23(33)16-6-8-18-21(12-16)28(2)15-25-18/h6-9,12-13,15,31H,4-5,10-11,14H2,1-3H3,(H,26,27,33). The molecule has 2 aromatic heterocycles. The first kappa shape index (κ1) is 23.4. The second kappa shape index (κ2) is 10.0. The molecule has 34 heavy (non-hydrogen) atoms. The molecule has 0 unspecified atom stereocenters. The van der Waals surface area contributed by atoms with Crippen molar-refractivity contribution in [2.45, 2.75) is 19.9 Å². The molecule has 10 heteroatoms. The van der Waals surface area contributed by atoms with Crippen LogP contribution in [0.25, 0.3) is 22.1 Å². The van der Waals surface area contributed by atoms with E-state index in [1.807, 2.05) is 47.4 Å². The fraction of sp³-hybridized carbons (Fsp3) is 0.333. The fourth-order valence-electron chi connectivity index (χ4n) is 3.98. The Morgan fingerprint density at radius 3 is 2.71 bits per heavy atom. The summed E-state index contributed by atoms with van der Waals surface area (Å²) < 4.78 is 8.71. The molecule has 0 fully saturated rings. The van der Waals surface area contributed by atoms with Crippen molar-refractivity contribution in [3.63, 3.8) is 0 Å². The van der Waals surface area contributed by atoms with Gasteiger partial charge in [-0.2, -0.15) is 0 Å². The van der Waals surface area contributed by atoms with Crippen LogP contribution in [-0.4, -0.2) is 62.9 Å². The highest BCUT2D eigenvalue weighted by Gasteiger charge is 2.19. The average molecular weight is 465 g/mol. The maximum absolute atomic E-state index is 13.1. The number of fused-ring (bicyclic) bond motifs is 2. The average Bonchev–Trinajstić information content (AvgIpc) is 3.37. The molecule has 10 nitrogen and oxygen atoms in total. The number of hydrogen-bond donors (Lipinski definition) is 2. The fourth-order valence-corrected chi connectivity index (χ4v) is 3.98. The third-order valence-corrected chi connectivity index (χ3v) is 5.68. The van der Waals surface area contributed by atoms with Gasteiger partial charge in [0.15, 0.2) is 0 Å². The SMILES string of the molecule is CCN(C(=O)COC)c1ccc2c(c1)nc(NC(=O)c1ccc3ncn(C)c3c1)n2CCCO. The Balaban J connectivity index is 1.69. The van der Waals surface area contributed by atoms with Gasteiger partial charge < -0.3 is 23.9 Å². The van der Waals surface area contributed by atoms with Crippen LogP contribution in [0.15, 0.2) is 42.7 Å². The predicted molar refractivity (Wildman–Crippen MR) is 130 cm³/mol. The molecule has 0 aliphatic carbocycles. The number of aryl methyl sites for hydroxylation is 2. The largest absolute Gasteiger partial charge is 0.396 e. The zero-order valence-electron chi connectivity index (χ0n) is 19.5. The Hall–Kier alpha value is -3.76. The highest BCUT2D eigenvalue weighted by molar-refractivity contribution is 6.06. The molecule has 178 valence electrons. The van der Waals surface area contributed by atoms with Crippen LogP contribution < -0.4 is 10.2 Å². The number of nitrogens with zero attached hydrogens (tertiary/aromatic N) is 5. The third-order valence-electron chi connectivity index (χ3n) is 5.68. The molecule has 0 aliphatic heterocycles. The zero-order valence-corrected chi connectivity index (χ0v) is 19.5. The highest BCUT2D eigenvalue weighted by Crippen LogP contribution is 2.26. The van der Waals surface area contributed by atoms with Gasteiger partial charge in [-0.05, 0) is 49.7 Å². The predicted octanol–water partition coefficient (Wildman–Crippen LogP) is 2.56. The van der Waals surface area contributed by atoms with Crippen LogP contribution in [-0.2, 0) is 23.1 Å². The Labute approximate surface area is 196 Å². The summed E-state index contributed by atoms with van der Waals surface area (Å²) >= 11 is 0. The van der Waals surface area contributed by atoms with E-state index in [2.05, 4.69) is 15.3 Å². The third kappa shape index (κ3) is 4.50. The lowest BCUT2D eigenvalue weighted by molar-refractivity contribution is -0.122. The van der Waals surface area contributed by atoms with Crippen LogP contribution in [0, 0.1) is 0 Å². The lowest BCUT2D eigenvalue weighted by Gasteiger charge is -2.20. The molecule has 0 atom stereocenters. The summed E-state index contributed by atoms with van der Waals surface area (Å²) in [6.07, 6.45) is 2.21. The number of carbonyl (C=O) groups is 2. The number of rotatable bonds is 9. The number of imidazole rings is 2. The van der Waals surface area contributed by atoms with Crippen LogP contribution in [0.1, 0.15) is 23.7 Å². The van der Waals surface area contributed by atoms with Crippen molar-refractivity contribution >= 4 is 45.5 Å². The maximum Gasteiger partial charge on any atom is 0.258 e. The molecule has 0 bridgehead atoms. The van der Waals surface area contributed by atoms with E-state index in [1.165, 1.54) is 7.11 Å². The zero-order chi connectivity index (χ0) is 24.2. The van der Waals surface area contributed by atoms with Gasteiger partial charge in [0.2, 0.25) is 5.95 Å². The topological polar surface area (TPSA) is 115 Å². The second-order valence-corrected chi connectivity index (χ2v) is 7.92. The van der Waals surface area contributed by atoms with Crippen molar-refractivity contribution in [2.75, 3.05) is 37.1 Å². The van der Waals surface area contributed by atoms with Gasteiger partial charge >= 0.3 is 0 Å². The number of benzene rings is 2. The molecule has 2 heterocycles. The number of ether oxygens (including phenoxy) is 1. The molecule has 2 amide bonds. The highest BCUT2D eigenvalue weighted by atomic mass is 16.5. The smallest absolute Gasteiger partial charge is 0.258 e. The van der Waals surface area contributed by atoms with Crippen LogP contribution in [0.5, 0.6) is 0 Å². The monoisotopic (exact) mass is 464 g/mol. The van der Waals surface area contributed by atoms with Gasteiger partial charge in [0, 0.05) is 45.1 Å². The summed E-state index contributed by atoms with van der Waals surface area (Å²) in [6.45, 7) is 2.85. The number of amides is 2. The van der Waals surface area contributed by atoms with Crippen molar-refractivity contribution < 1.29 is 19.4 Å². The van der Waals surface area contributed by atoms with Crippen molar-refractivity contribution in [1.29, 1.82) is 0 Å². The minimum absolute atomic E-state index is 0.0113. The Morgan fingerprint density at radius 2 is 1.97 bits per heavy atom. The molecular formula is C24H28N6O4. The molecule has 0 saturated heterocycles. The van der Waals surface area contributed by atoms with E-state index in [0.29, 0.717) is 42.2 Å². The molecule has 0 saturated carbocycles. The first-order valence-electron chi connectivity index (χ1n) is 11.1. The number of hydrogen-bond acceptors (Lipinski definition) is 6. The number of aromatic nitrogens is 4. The normalized spacial score (nSPS) is 11.3. The van der Waals surface area contributed by atoms with Crippen molar-refractivity contribution in [3.8, 4) is 0 Å². The lowest BCUT2D eigenvalue weighted by atomic mass is 10.2. The molecule has 2 N–H and O–H groups in total. The summed E-state index contributed by atoms with van der Waals surface area (Å²) in [5.74, 6) is -0.0700. The summed E-state index contributed by atoms with van der Waals surface area (Å²) in [5.41, 5.74) is 4.28.